The molecule has 2 aromatic heterocycles. The number of alkyl halides is 3. The molecule has 2 heterocycles. The van der Waals surface area contributed by atoms with Crippen molar-refractivity contribution in [1.82, 2.24) is 19.9 Å². The van der Waals surface area contributed by atoms with E-state index in [0.29, 0.717) is 11.2 Å². The highest BCUT2D eigenvalue weighted by molar-refractivity contribution is 5.84. The minimum Gasteiger partial charge on any atom is -0.357 e. The van der Waals surface area contributed by atoms with Crippen LogP contribution in [0.3, 0.4) is 0 Å². The Morgan fingerprint density at radius 1 is 1.32 bits per heavy atom. The number of hydrogen-bond donors (Lipinski definition) is 3. The number of H-pyrrole nitrogens is 1. The van der Waals surface area contributed by atoms with Gasteiger partial charge in [-0.2, -0.15) is 23.1 Å². The molecule has 0 unspecified atom stereocenters. The Bertz CT molecular complexity index is 615. The fourth-order valence-corrected chi connectivity index (χ4v) is 1.87. The lowest BCUT2D eigenvalue weighted by Gasteiger charge is -2.21. The van der Waals surface area contributed by atoms with Gasteiger partial charge in [-0.1, -0.05) is 0 Å². The van der Waals surface area contributed by atoms with Crippen molar-refractivity contribution in [3.05, 3.63) is 6.33 Å². The third kappa shape index (κ3) is 1.85. The molecule has 6 nitrogen and oxygen atoms in total. The van der Waals surface area contributed by atoms with Crippen molar-refractivity contribution >= 4 is 22.9 Å². The predicted octanol–water partition coefficient (Wildman–Crippen LogP) is 1.90. The molecule has 102 valence electrons. The highest BCUT2D eigenvalue weighted by Gasteiger charge is 2.64. The van der Waals surface area contributed by atoms with Crippen LogP contribution in [0.1, 0.15) is 12.8 Å². The van der Waals surface area contributed by atoms with Crippen LogP contribution in [0.25, 0.3) is 11.2 Å². The Hall–Kier alpha value is -2.06. The summed E-state index contributed by atoms with van der Waals surface area (Å²) in [5.74, 6) is 0.335. The molecule has 19 heavy (non-hydrogen) atoms. The Labute approximate surface area is 105 Å². The Morgan fingerprint density at radius 3 is 2.63 bits per heavy atom. The molecule has 3 rings (SSSR count). The molecule has 0 spiro atoms. The number of nitrogens with one attached hydrogen (secondary N) is 3. The Balaban J connectivity index is 2.03. The fraction of sp³-hybridized carbons (Fsp3) is 0.500. The van der Waals surface area contributed by atoms with Crippen LogP contribution >= 0.6 is 0 Å². The monoisotopic (exact) mass is 272 g/mol. The Kier molecular flexibility index (Phi) is 2.35. The van der Waals surface area contributed by atoms with Gasteiger partial charge in [0, 0.05) is 7.05 Å². The van der Waals surface area contributed by atoms with Crippen LogP contribution in [-0.2, 0) is 0 Å². The second-order valence-corrected chi connectivity index (χ2v) is 4.45. The van der Waals surface area contributed by atoms with Gasteiger partial charge in [-0.05, 0) is 12.8 Å². The van der Waals surface area contributed by atoms with E-state index >= 15 is 0 Å². The van der Waals surface area contributed by atoms with Crippen molar-refractivity contribution in [3.8, 4) is 0 Å². The molecule has 9 heteroatoms. The van der Waals surface area contributed by atoms with E-state index in [0.717, 1.165) is 0 Å². The summed E-state index contributed by atoms with van der Waals surface area (Å²) in [4.78, 5) is 14.7. The number of fused-ring (bicyclic) bond motifs is 1. The maximum Gasteiger partial charge on any atom is 0.411 e. The number of halogens is 3. The lowest BCUT2D eigenvalue weighted by molar-refractivity contribution is -0.151. The maximum atomic E-state index is 12.9. The van der Waals surface area contributed by atoms with Crippen molar-refractivity contribution in [1.29, 1.82) is 0 Å². The number of hydrogen-bond acceptors (Lipinski definition) is 5. The summed E-state index contributed by atoms with van der Waals surface area (Å²) < 4.78 is 38.8. The summed E-state index contributed by atoms with van der Waals surface area (Å²) in [5.41, 5.74) is -1.18. The molecule has 1 fully saturated rings. The van der Waals surface area contributed by atoms with Crippen LogP contribution in [0.2, 0.25) is 0 Å². The van der Waals surface area contributed by atoms with Gasteiger partial charge in [-0.25, -0.2) is 4.98 Å². The standard InChI is InChI=1S/C10H11F3N6/c1-14-8-17-6-5(15-4-16-6)7(18-8)19-9(2-3-9)10(11,12)13/h4H,2-3H2,1H3,(H3,14,15,16,17,18,19). The van der Waals surface area contributed by atoms with E-state index in [1.807, 2.05) is 0 Å². The Morgan fingerprint density at radius 2 is 2.05 bits per heavy atom. The smallest absolute Gasteiger partial charge is 0.357 e. The summed E-state index contributed by atoms with van der Waals surface area (Å²) in [7, 11) is 1.59. The van der Waals surface area contributed by atoms with Crippen molar-refractivity contribution in [3.63, 3.8) is 0 Å². The van der Waals surface area contributed by atoms with Crippen LogP contribution in [0.4, 0.5) is 24.9 Å². The van der Waals surface area contributed by atoms with Crippen LogP contribution in [-0.4, -0.2) is 38.7 Å². The minimum atomic E-state index is -4.30. The topological polar surface area (TPSA) is 78.5 Å². The summed E-state index contributed by atoms with van der Waals surface area (Å²) in [6, 6.07) is 0. The van der Waals surface area contributed by atoms with Crippen molar-refractivity contribution in [2.75, 3.05) is 17.7 Å². The van der Waals surface area contributed by atoms with Gasteiger partial charge in [0.1, 0.15) is 11.1 Å². The van der Waals surface area contributed by atoms with Crippen molar-refractivity contribution in [2.24, 2.45) is 0 Å². The minimum absolute atomic E-state index is 0.0466. The highest BCUT2D eigenvalue weighted by atomic mass is 19.4. The molecule has 1 aliphatic carbocycles. The summed E-state index contributed by atoms with van der Waals surface area (Å²) in [6.45, 7) is 0. The fourth-order valence-electron chi connectivity index (χ4n) is 1.87. The molecule has 1 saturated carbocycles. The summed E-state index contributed by atoms with van der Waals surface area (Å²) in [5, 5.41) is 5.18. The SMILES string of the molecule is CNc1nc(NC2(C(F)(F)F)CC2)c2[nH]cnc2n1. The van der Waals surface area contributed by atoms with Gasteiger partial charge >= 0.3 is 6.18 Å². The van der Waals surface area contributed by atoms with Gasteiger partial charge in [0.05, 0.1) is 6.33 Å². The van der Waals surface area contributed by atoms with E-state index in [9.17, 15) is 13.2 Å². The molecule has 3 N–H and O–H groups in total. The first-order chi connectivity index (χ1) is 8.95. The average molecular weight is 272 g/mol. The van der Waals surface area contributed by atoms with E-state index in [4.69, 9.17) is 0 Å². The lowest BCUT2D eigenvalue weighted by atomic mass is 10.2. The van der Waals surface area contributed by atoms with Crippen LogP contribution in [0, 0.1) is 0 Å². The van der Waals surface area contributed by atoms with E-state index in [1.165, 1.54) is 6.33 Å². The highest BCUT2D eigenvalue weighted by Crippen LogP contribution is 2.51. The molecule has 1 aliphatic rings. The van der Waals surface area contributed by atoms with E-state index in [-0.39, 0.29) is 24.6 Å². The van der Waals surface area contributed by atoms with Gasteiger partial charge < -0.3 is 15.6 Å². The van der Waals surface area contributed by atoms with Gasteiger partial charge in [0.2, 0.25) is 5.95 Å². The van der Waals surface area contributed by atoms with Gasteiger partial charge in [-0.3, -0.25) is 0 Å². The molecule has 0 atom stereocenters. The molecular formula is C10H11F3N6. The number of nitrogens with zero attached hydrogens (tertiary/aromatic N) is 3. The molecule has 0 aromatic carbocycles. The molecule has 0 saturated heterocycles. The van der Waals surface area contributed by atoms with Crippen LogP contribution < -0.4 is 10.6 Å². The third-order valence-corrected chi connectivity index (χ3v) is 3.16. The number of anilines is 2. The second kappa shape index (κ2) is 3.72. The maximum absolute atomic E-state index is 12.9. The number of imidazole rings is 1. The zero-order chi connectivity index (χ0) is 13.7. The number of rotatable bonds is 3. The van der Waals surface area contributed by atoms with Gasteiger partial charge in [0.15, 0.2) is 11.5 Å². The van der Waals surface area contributed by atoms with Crippen LogP contribution in [0.5, 0.6) is 0 Å². The first-order valence-electron chi connectivity index (χ1n) is 5.69. The van der Waals surface area contributed by atoms with E-state index in [2.05, 4.69) is 30.6 Å². The molecule has 0 amide bonds. The van der Waals surface area contributed by atoms with E-state index < -0.39 is 11.7 Å². The summed E-state index contributed by atoms with van der Waals surface area (Å²) >= 11 is 0. The first-order valence-corrected chi connectivity index (χ1v) is 5.69. The predicted molar refractivity (Wildman–Crippen MR) is 62.9 cm³/mol. The first kappa shape index (κ1) is 12.0. The van der Waals surface area contributed by atoms with E-state index in [1.54, 1.807) is 7.05 Å². The number of aromatic amines is 1. The van der Waals surface area contributed by atoms with Crippen molar-refractivity contribution < 1.29 is 13.2 Å². The second-order valence-electron chi connectivity index (χ2n) is 4.45. The zero-order valence-electron chi connectivity index (χ0n) is 9.97. The lowest BCUT2D eigenvalue weighted by Crippen LogP contribution is -2.39. The van der Waals surface area contributed by atoms with Gasteiger partial charge in [0.25, 0.3) is 0 Å². The normalized spacial score (nSPS) is 17.5. The van der Waals surface area contributed by atoms with Gasteiger partial charge in [-0.15, -0.1) is 0 Å². The van der Waals surface area contributed by atoms with Crippen molar-refractivity contribution in [2.45, 2.75) is 24.6 Å². The quantitative estimate of drug-likeness (QED) is 0.795. The largest absolute Gasteiger partial charge is 0.411 e. The average Bonchev–Trinajstić information content (AvgIpc) is 2.98. The molecule has 0 aliphatic heterocycles. The molecular weight excluding hydrogens is 261 g/mol. The zero-order valence-corrected chi connectivity index (χ0v) is 9.97. The number of aromatic nitrogens is 4. The molecule has 2 aromatic rings. The molecule has 0 bridgehead atoms. The summed E-state index contributed by atoms with van der Waals surface area (Å²) in [6.07, 6.45) is -2.84. The molecule has 0 radical (unpaired) electrons. The van der Waals surface area contributed by atoms with Crippen LogP contribution in [0.15, 0.2) is 6.33 Å². The third-order valence-electron chi connectivity index (χ3n) is 3.16.